The van der Waals surface area contributed by atoms with Crippen LogP contribution in [0.15, 0.2) is 24.3 Å². The lowest BCUT2D eigenvalue weighted by molar-refractivity contribution is -0.142. The molecule has 14 heavy (non-hydrogen) atoms. The Labute approximate surface area is 84.1 Å². The first kappa shape index (κ1) is 10.6. The van der Waals surface area contributed by atoms with Gasteiger partial charge < -0.3 is 10.1 Å². The third-order valence-electron chi connectivity index (χ3n) is 1.75. The number of esters is 1. The van der Waals surface area contributed by atoms with Crippen LogP contribution in [0.25, 0.3) is 0 Å². The monoisotopic (exact) mass is 193 g/mol. The van der Waals surface area contributed by atoms with Crippen LogP contribution in [0.5, 0.6) is 0 Å². The molecule has 0 radical (unpaired) electrons. The van der Waals surface area contributed by atoms with Gasteiger partial charge in [-0.05, 0) is 25.1 Å². The van der Waals surface area contributed by atoms with Crippen molar-refractivity contribution in [3.8, 4) is 0 Å². The standard InChI is InChI=1S/C6H5N.C5H10O2/c1-2-5-4-6(3-1)7-5;1-3-5(6)7-4-2/h1-4,7H;3-4H2,1-2H3. The fraction of sp³-hybridized carbons (Fsp3) is 0.364. The fourth-order valence-corrected chi connectivity index (χ4v) is 1.03. The Morgan fingerprint density at radius 2 is 1.93 bits per heavy atom. The number of benzene rings is 1. The van der Waals surface area contributed by atoms with Gasteiger partial charge in [0, 0.05) is 17.8 Å². The third kappa shape index (κ3) is 3.09. The molecule has 3 heteroatoms. The molecular weight excluding hydrogens is 178 g/mol. The van der Waals surface area contributed by atoms with Crippen LogP contribution < -0.4 is 5.32 Å². The van der Waals surface area contributed by atoms with E-state index in [1.165, 1.54) is 11.4 Å². The minimum absolute atomic E-state index is 0.123. The van der Waals surface area contributed by atoms with Crippen molar-refractivity contribution < 1.29 is 9.53 Å². The molecule has 0 amide bonds. The van der Waals surface area contributed by atoms with Crippen molar-refractivity contribution in [2.45, 2.75) is 20.3 Å². The zero-order valence-corrected chi connectivity index (χ0v) is 8.54. The van der Waals surface area contributed by atoms with E-state index in [-0.39, 0.29) is 5.97 Å². The minimum Gasteiger partial charge on any atom is -0.466 e. The molecule has 0 aliphatic carbocycles. The number of anilines is 2. The summed E-state index contributed by atoms with van der Waals surface area (Å²) in [5, 5.41) is 3.11. The number of hydrogen-bond acceptors (Lipinski definition) is 3. The van der Waals surface area contributed by atoms with Gasteiger partial charge in [0.25, 0.3) is 0 Å². The smallest absolute Gasteiger partial charge is 0.305 e. The molecule has 0 saturated heterocycles. The molecule has 0 unspecified atom stereocenters. The largest absolute Gasteiger partial charge is 0.466 e. The van der Waals surface area contributed by atoms with Crippen molar-refractivity contribution >= 4 is 17.3 Å². The molecule has 3 rings (SSSR count). The molecule has 0 spiro atoms. The topological polar surface area (TPSA) is 38.3 Å². The van der Waals surface area contributed by atoms with E-state index in [0.717, 1.165) is 0 Å². The zero-order valence-electron chi connectivity index (χ0n) is 8.54. The van der Waals surface area contributed by atoms with Crippen LogP contribution in [0, 0.1) is 0 Å². The van der Waals surface area contributed by atoms with Crippen LogP contribution in [0.3, 0.4) is 0 Å². The lowest BCUT2D eigenvalue weighted by Gasteiger charge is -2.15. The summed E-state index contributed by atoms with van der Waals surface area (Å²) in [4.78, 5) is 10.2. The second-order valence-electron chi connectivity index (χ2n) is 2.86. The lowest BCUT2D eigenvalue weighted by Crippen LogP contribution is -2.00. The number of ether oxygens (including phenoxy) is 1. The van der Waals surface area contributed by atoms with Crippen LogP contribution in [0.4, 0.5) is 11.4 Å². The Bertz CT molecular complexity index is 285. The number of rotatable bonds is 2. The summed E-state index contributed by atoms with van der Waals surface area (Å²) in [5.41, 5.74) is 2.47. The van der Waals surface area contributed by atoms with Crippen LogP contribution in [0.2, 0.25) is 0 Å². The Kier molecular flexibility index (Phi) is 3.98. The molecule has 2 aliphatic rings. The van der Waals surface area contributed by atoms with Gasteiger partial charge >= 0.3 is 5.97 Å². The van der Waals surface area contributed by atoms with Crippen molar-refractivity contribution in [3.05, 3.63) is 24.3 Å². The van der Waals surface area contributed by atoms with Gasteiger partial charge in [0.15, 0.2) is 0 Å². The highest BCUT2D eigenvalue weighted by molar-refractivity contribution is 5.73. The molecule has 2 heterocycles. The van der Waals surface area contributed by atoms with E-state index in [9.17, 15) is 4.79 Å². The Hall–Kier alpha value is -1.51. The first-order valence-electron chi connectivity index (χ1n) is 4.79. The molecule has 2 bridgehead atoms. The molecule has 0 fully saturated rings. The number of carbonyl (C=O) groups excluding carboxylic acids is 1. The van der Waals surface area contributed by atoms with E-state index in [2.05, 4.69) is 16.1 Å². The Morgan fingerprint density at radius 3 is 2.07 bits per heavy atom. The predicted molar refractivity (Wildman–Crippen MR) is 56.6 cm³/mol. The first-order valence-corrected chi connectivity index (χ1v) is 4.79. The average molecular weight is 193 g/mol. The van der Waals surface area contributed by atoms with Crippen LogP contribution in [0.1, 0.15) is 20.3 Å². The quantitative estimate of drug-likeness (QED) is 0.745. The minimum atomic E-state index is -0.123. The summed E-state index contributed by atoms with van der Waals surface area (Å²) in [7, 11) is 0. The Balaban J connectivity index is 0.000000140. The summed E-state index contributed by atoms with van der Waals surface area (Å²) in [6, 6.07) is 8.25. The SMILES string of the molecule is CCOC(=O)CC.c1cc2cc(c1)N2. The summed E-state index contributed by atoms with van der Waals surface area (Å²) in [6.07, 6.45) is 0.480. The average Bonchev–Trinajstić information content (AvgIpc) is 2.19. The highest BCUT2D eigenvalue weighted by Crippen LogP contribution is 2.27. The normalized spacial score (nSPS) is 10.1. The van der Waals surface area contributed by atoms with E-state index in [1.807, 2.05) is 18.2 Å². The first-order chi connectivity index (χ1) is 6.76. The summed E-state index contributed by atoms with van der Waals surface area (Å²) in [5.74, 6) is -0.123. The maximum Gasteiger partial charge on any atom is 0.305 e. The van der Waals surface area contributed by atoms with E-state index in [0.29, 0.717) is 13.0 Å². The number of fused-ring (bicyclic) bond motifs is 2. The van der Waals surface area contributed by atoms with Gasteiger partial charge in [-0.15, -0.1) is 0 Å². The summed E-state index contributed by atoms with van der Waals surface area (Å²) in [6.45, 7) is 4.07. The van der Waals surface area contributed by atoms with Gasteiger partial charge in [-0.25, -0.2) is 0 Å². The van der Waals surface area contributed by atoms with Crippen molar-refractivity contribution in [1.29, 1.82) is 0 Å². The molecule has 76 valence electrons. The molecular formula is C11H15NO2. The lowest BCUT2D eigenvalue weighted by atomic mass is 10.2. The van der Waals surface area contributed by atoms with Crippen molar-refractivity contribution in [1.82, 2.24) is 0 Å². The Morgan fingerprint density at radius 1 is 1.36 bits per heavy atom. The zero-order chi connectivity index (χ0) is 10.4. The van der Waals surface area contributed by atoms with Gasteiger partial charge in [-0.3, -0.25) is 4.79 Å². The van der Waals surface area contributed by atoms with Crippen molar-refractivity contribution in [3.63, 3.8) is 0 Å². The molecule has 1 aromatic rings. The van der Waals surface area contributed by atoms with E-state index in [4.69, 9.17) is 0 Å². The van der Waals surface area contributed by atoms with Gasteiger partial charge in [-0.1, -0.05) is 13.0 Å². The molecule has 1 N–H and O–H groups in total. The third-order valence-corrected chi connectivity index (χ3v) is 1.75. The molecule has 3 nitrogen and oxygen atoms in total. The van der Waals surface area contributed by atoms with E-state index < -0.39 is 0 Å². The molecule has 1 aromatic carbocycles. The van der Waals surface area contributed by atoms with E-state index >= 15 is 0 Å². The van der Waals surface area contributed by atoms with Gasteiger partial charge in [0.05, 0.1) is 6.61 Å². The highest BCUT2D eigenvalue weighted by Gasteiger charge is 2.02. The number of hydrogen-bond donors (Lipinski definition) is 1. The van der Waals surface area contributed by atoms with Gasteiger partial charge in [0.2, 0.25) is 0 Å². The molecule has 0 saturated carbocycles. The number of carbonyl (C=O) groups is 1. The molecule has 0 atom stereocenters. The highest BCUT2D eigenvalue weighted by atomic mass is 16.5. The second kappa shape index (κ2) is 5.27. The molecule has 2 aliphatic heterocycles. The fourth-order valence-electron chi connectivity index (χ4n) is 1.03. The predicted octanol–water partition coefficient (Wildman–Crippen LogP) is 2.70. The molecule has 0 aromatic heterocycles. The van der Waals surface area contributed by atoms with Crippen LogP contribution in [-0.4, -0.2) is 12.6 Å². The van der Waals surface area contributed by atoms with Gasteiger partial charge in [0.1, 0.15) is 0 Å². The number of nitrogens with one attached hydrogen (secondary N) is 1. The maximum absolute atomic E-state index is 10.2. The van der Waals surface area contributed by atoms with Crippen LogP contribution >= 0.6 is 0 Å². The van der Waals surface area contributed by atoms with Gasteiger partial charge in [-0.2, -0.15) is 0 Å². The summed E-state index contributed by atoms with van der Waals surface area (Å²) < 4.78 is 4.55. The van der Waals surface area contributed by atoms with Crippen LogP contribution in [-0.2, 0) is 9.53 Å². The second-order valence-corrected chi connectivity index (χ2v) is 2.86. The maximum atomic E-state index is 10.2. The van der Waals surface area contributed by atoms with Crippen molar-refractivity contribution in [2.24, 2.45) is 0 Å². The van der Waals surface area contributed by atoms with Crippen molar-refractivity contribution in [2.75, 3.05) is 11.9 Å². The van der Waals surface area contributed by atoms with E-state index in [1.54, 1.807) is 13.8 Å². The summed E-state index contributed by atoms with van der Waals surface area (Å²) >= 11 is 0.